The summed E-state index contributed by atoms with van der Waals surface area (Å²) < 4.78 is 45.3. The van der Waals surface area contributed by atoms with Crippen LogP contribution in [0.5, 0.6) is 5.75 Å². The highest BCUT2D eigenvalue weighted by atomic mass is 19.4. The number of alkyl halides is 3. The van der Waals surface area contributed by atoms with Crippen molar-refractivity contribution in [3.63, 3.8) is 0 Å². The highest BCUT2D eigenvalue weighted by Gasteiger charge is 2.34. The maximum Gasteiger partial charge on any atom is 0.416 e. The zero-order valence-corrected chi connectivity index (χ0v) is 15.2. The number of rotatable bonds is 5. The first kappa shape index (κ1) is 20.9. The Balaban J connectivity index is 2.02. The van der Waals surface area contributed by atoms with Crippen LogP contribution in [0.15, 0.2) is 18.2 Å². The molecule has 2 rings (SSSR count). The molecule has 0 unspecified atom stereocenters. The molecule has 0 atom stereocenters. The van der Waals surface area contributed by atoms with E-state index in [-0.39, 0.29) is 37.1 Å². The molecule has 1 aromatic carbocycles. The summed E-state index contributed by atoms with van der Waals surface area (Å²) in [6, 6.07) is 3.15. The van der Waals surface area contributed by atoms with Crippen LogP contribution in [0, 0.1) is 5.92 Å². The monoisotopic (exact) mass is 388 g/mol. The summed E-state index contributed by atoms with van der Waals surface area (Å²) in [5, 5.41) is 11.4. The number of carbonyl (C=O) groups is 2. The second kappa shape index (κ2) is 8.49. The van der Waals surface area contributed by atoms with Crippen LogP contribution in [0.1, 0.15) is 37.8 Å². The number of carboxylic acid groups (broad SMARTS) is 1. The van der Waals surface area contributed by atoms with Crippen molar-refractivity contribution >= 4 is 12.0 Å². The molecule has 0 saturated carbocycles. The second-order valence-electron chi connectivity index (χ2n) is 6.74. The summed E-state index contributed by atoms with van der Waals surface area (Å²) in [7, 11) is 0. The Kier molecular flexibility index (Phi) is 6.56. The molecule has 6 nitrogen and oxygen atoms in total. The molecule has 0 bridgehead atoms. The van der Waals surface area contributed by atoms with Crippen molar-refractivity contribution in [2.75, 3.05) is 13.1 Å². The minimum absolute atomic E-state index is 0.0626. The van der Waals surface area contributed by atoms with Gasteiger partial charge in [0.15, 0.2) is 0 Å². The first-order chi connectivity index (χ1) is 12.6. The standard InChI is InChI=1S/C18H23F3N2O4/c1-11(2)27-14-4-3-13(15(9-14)18(19,20)21)10-22-17(26)23-7-5-12(6-8-23)16(24)25/h3-4,9,11-12H,5-8,10H2,1-2H3,(H,22,26)(H,24,25). The zero-order chi connectivity index (χ0) is 20.2. The summed E-state index contributed by atoms with van der Waals surface area (Å²) in [6.45, 7) is 3.67. The number of halogens is 3. The largest absolute Gasteiger partial charge is 0.491 e. The van der Waals surface area contributed by atoms with E-state index in [0.717, 1.165) is 6.07 Å². The summed E-state index contributed by atoms with van der Waals surface area (Å²) >= 11 is 0. The SMILES string of the molecule is CC(C)Oc1ccc(CNC(=O)N2CCC(C(=O)O)CC2)c(C(F)(F)F)c1. The van der Waals surface area contributed by atoms with E-state index in [9.17, 15) is 22.8 Å². The van der Waals surface area contributed by atoms with Gasteiger partial charge in [0, 0.05) is 19.6 Å². The van der Waals surface area contributed by atoms with Crippen LogP contribution in [-0.4, -0.2) is 41.2 Å². The normalized spacial score (nSPS) is 15.7. The summed E-state index contributed by atoms with van der Waals surface area (Å²) in [5.74, 6) is -1.27. The van der Waals surface area contributed by atoms with Gasteiger partial charge in [0.2, 0.25) is 0 Å². The molecule has 0 aromatic heterocycles. The van der Waals surface area contributed by atoms with Gasteiger partial charge in [-0.1, -0.05) is 6.07 Å². The number of nitrogens with zero attached hydrogens (tertiary/aromatic N) is 1. The Hall–Kier alpha value is -2.45. The molecule has 27 heavy (non-hydrogen) atoms. The van der Waals surface area contributed by atoms with Crippen molar-refractivity contribution < 1.29 is 32.6 Å². The van der Waals surface area contributed by atoms with E-state index in [2.05, 4.69) is 5.32 Å². The summed E-state index contributed by atoms with van der Waals surface area (Å²) in [6.07, 6.45) is -4.17. The zero-order valence-electron chi connectivity index (χ0n) is 15.2. The number of amides is 2. The average Bonchev–Trinajstić information content (AvgIpc) is 2.59. The lowest BCUT2D eigenvalue weighted by atomic mass is 9.97. The topological polar surface area (TPSA) is 78.9 Å². The number of nitrogens with one attached hydrogen (secondary N) is 1. The van der Waals surface area contributed by atoms with Crippen molar-refractivity contribution in [2.45, 2.75) is 45.5 Å². The fourth-order valence-corrected chi connectivity index (χ4v) is 2.93. The van der Waals surface area contributed by atoms with Gasteiger partial charge in [0.1, 0.15) is 5.75 Å². The van der Waals surface area contributed by atoms with Gasteiger partial charge in [-0.3, -0.25) is 4.79 Å². The predicted molar refractivity (Wildman–Crippen MR) is 91.4 cm³/mol. The van der Waals surface area contributed by atoms with E-state index in [1.54, 1.807) is 13.8 Å². The van der Waals surface area contributed by atoms with Crippen LogP contribution >= 0.6 is 0 Å². The van der Waals surface area contributed by atoms with Crippen molar-refractivity contribution in [1.82, 2.24) is 10.2 Å². The van der Waals surface area contributed by atoms with Gasteiger partial charge in [-0.05, 0) is 44.4 Å². The van der Waals surface area contributed by atoms with E-state index >= 15 is 0 Å². The molecule has 1 heterocycles. The molecule has 2 N–H and O–H groups in total. The average molecular weight is 388 g/mol. The quantitative estimate of drug-likeness (QED) is 0.809. The van der Waals surface area contributed by atoms with E-state index in [4.69, 9.17) is 9.84 Å². The number of hydrogen-bond donors (Lipinski definition) is 2. The van der Waals surface area contributed by atoms with Crippen molar-refractivity contribution in [3.8, 4) is 5.75 Å². The third-order valence-corrected chi connectivity index (χ3v) is 4.32. The minimum atomic E-state index is -4.57. The van der Waals surface area contributed by atoms with Crippen molar-refractivity contribution in [2.24, 2.45) is 5.92 Å². The van der Waals surface area contributed by atoms with Crippen molar-refractivity contribution in [1.29, 1.82) is 0 Å². The van der Waals surface area contributed by atoms with Gasteiger partial charge >= 0.3 is 18.2 Å². The van der Waals surface area contributed by atoms with Gasteiger partial charge in [-0.2, -0.15) is 13.2 Å². The summed E-state index contributed by atoms with van der Waals surface area (Å²) in [5.41, 5.74) is -0.919. The minimum Gasteiger partial charge on any atom is -0.491 e. The Morgan fingerprint density at radius 1 is 1.30 bits per heavy atom. The van der Waals surface area contributed by atoms with Gasteiger partial charge in [-0.25, -0.2) is 4.79 Å². The molecule has 0 spiro atoms. The van der Waals surface area contributed by atoms with E-state index in [1.807, 2.05) is 0 Å². The van der Waals surface area contributed by atoms with Crippen LogP contribution in [0.25, 0.3) is 0 Å². The summed E-state index contributed by atoms with van der Waals surface area (Å²) in [4.78, 5) is 24.5. The fraction of sp³-hybridized carbons (Fsp3) is 0.556. The number of carboxylic acids is 1. The number of likely N-dealkylation sites (tertiary alicyclic amines) is 1. The van der Waals surface area contributed by atoms with Crippen LogP contribution in [-0.2, 0) is 17.5 Å². The van der Waals surface area contributed by atoms with Crippen LogP contribution < -0.4 is 10.1 Å². The first-order valence-electron chi connectivity index (χ1n) is 8.70. The van der Waals surface area contributed by atoms with Crippen LogP contribution in [0.4, 0.5) is 18.0 Å². The van der Waals surface area contributed by atoms with Gasteiger partial charge in [0.05, 0.1) is 17.6 Å². The Bertz CT molecular complexity index is 684. The molecule has 2 amide bonds. The smallest absolute Gasteiger partial charge is 0.416 e. The number of hydrogen-bond acceptors (Lipinski definition) is 3. The Labute approximate surface area is 155 Å². The van der Waals surface area contributed by atoms with E-state index in [0.29, 0.717) is 12.8 Å². The third-order valence-electron chi connectivity index (χ3n) is 4.32. The molecule has 1 fully saturated rings. The number of carbonyl (C=O) groups excluding carboxylic acids is 1. The number of benzene rings is 1. The number of ether oxygens (including phenoxy) is 1. The van der Waals surface area contributed by atoms with Crippen molar-refractivity contribution in [3.05, 3.63) is 29.3 Å². The maximum absolute atomic E-state index is 13.3. The molecule has 0 radical (unpaired) electrons. The van der Waals surface area contributed by atoms with E-state index < -0.39 is 29.7 Å². The molecule has 0 aliphatic carbocycles. The lowest BCUT2D eigenvalue weighted by Gasteiger charge is -2.30. The van der Waals surface area contributed by atoms with Crippen LogP contribution in [0.3, 0.4) is 0 Å². The lowest BCUT2D eigenvalue weighted by Crippen LogP contribution is -2.45. The highest BCUT2D eigenvalue weighted by molar-refractivity contribution is 5.75. The molecule has 9 heteroatoms. The van der Waals surface area contributed by atoms with Gasteiger partial charge in [0.25, 0.3) is 0 Å². The predicted octanol–water partition coefficient (Wildman–Crippen LogP) is 3.50. The Morgan fingerprint density at radius 2 is 1.93 bits per heavy atom. The molecular formula is C18H23F3N2O4. The van der Waals surface area contributed by atoms with E-state index in [1.165, 1.54) is 17.0 Å². The lowest BCUT2D eigenvalue weighted by molar-refractivity contribution is -0.143. The number of urea groups is 1. The molecule has 1 aliphatic rings. The molecule has 150 valence electrons. The highest BCUT2D eigenvalue weighted by Crippen LogP contribution is 2.34. The molecule has 1 saturated heterocycles. The second-order valence-corrected chi connectivity index (χ2v) is 6.74. The first-order valence-corrected chi connectivity index (χ1v) is 8.70. The number of piperidine rings is 1. The molecular weight excluding hydrogens is 365 g/mol. The van der Waals surface area contributed by atoms with Gasteiger partial charge in [-0.15, -0.1) is 0 Å². The maximum atomic E-state index is 13.3. The number of aliphatic carboxylic acids is 1. The fourth-order valence-electron chi connectivity index (χ4n) is 2.93. The third kappa shape index (κ3) is 5.77. The van der Waals surface area contributed by atoms with Crippen LogP contribution in [0.2, 0.25) is 0 Å². The Morgan fingerprint density at radius 3 is 2.44 bits per heavy atom. The van der Waals surface area contributed by atoms with Gasteiger partial charge < -0.3 is 20.1 Å². The molecule has 1 aliphatic heterocycles. The molecule has 1 aromatic rings.